The van der Waals surface area contributed by atoms with Gasteiger partial charge in [0, 0.05) is 29.8 Å². The summed E-state index contributed by atoms with van der Waals surface area (Å²) in [6.07, 6.45) is 3.34. The van der Waals surface area contributed by atoms with Crippen molar-refractivity contribution in [1.82, 2.24) is 30.0 Å². The summed E-state index contributed by atoms with van der Waals surface area (Å²) in [6.45, 7) is 4.03. The Morgan fingerprint density at radius 1 is 1.19 bits per heavy atom. The van der Waals surface area contributed by atoms with Crippen LogP contribution < -0.4 is 16.2 Å². The second-order valence-electron chi connectivity index (χ2n) is 7.94. The fraction of sp³-hybridized carbons (Fsp3) is 0.333. The minimum absolute atomic E-state index is 0.0614. The van der Waals surface area contributed by atoms with Crippen LogP contribution in [0.3, 0.4) is 0 Å². The van der Waals surface area contributed by atoms with Gasteiger partial charge >= 0.3 is 18.0 Å². The summed E-state index contributed by atoms with van der Waals surface area (Å²) in [5, 5.41) is 10.3. The van der Waals surface area contributed by atoms with Crippen LogP contribution in [-0.4, -0.2) is 56.8 Å². The van der Waals surface area contributed by atoms with Gasteiger partial charge in [-0.1, -0.05) is 23.9 Å². The van der Waals surface area contributed by atoms with Gasteiger partial charge in [-0.2, -0.15) is 5.10 Å². The molecular formula is C24H26N6O6S. The number of aryl methyl sites for hydroxylation is 1. The van der Waals surface area contributed by atoms with E-state index in [1.54, 1.807) is 48.3 Å². The topological polar surface area (TPSA) is 146 Å². The Balaban J connectivity index is 1.76. The minimum atomic E-state index is -0.787. The molecule has 3 aromatic rings. The predicted molar refractivity (Wildman–Crippen MR) is 135 cm³/mol. The number of aromatic nitrogens is 4. The molecular weight excluding hydrogens is 500 g/mol. The average Bonchev–Trinajstić information content (AvgIpc) is 3.38. The lowest BCUT2D eigenvalue weighted by molar-refractivity contribution is -0.141. The third-order valence-corrected chi connectivity index (χ3v) is 6.65. The number of nitrogens with zero attached hydrogens (tertiary/aromatic N) is 4. The summed E-state index contributed by atoms with van der Waals surface area (Å²) in [6, 6.07) is 5.50. The number of methoxy groups -OCH3 is 1. The first kappa shape index (κ1) is 25.9. The number of thioether (sulfide) groups is 1. The lowest BCUT2D eigenvalue weighted by Crippen LogP contribution is -2.46. The summed E-state index contributed by atoms with van der Waals surface area (Å²) in [4.78, 5) is 55.4. The highest BCUT2D eigenvalue weighted by Crippen LogP contribution is 2.30. The molecule has 0 fully saturated rings. The number of esters is 2. The number of para-hydroxylation sites is 1. The highest BCUT2D eigenvalue weighted by atomic mass is 32.2. The van der Waals surface area contributed by atoms with Gasteiger partial charge in [-0.05, 0) is 26.0 Å². The van der Waals surface area contributed by atoms with Crippen LogP contribution in [-0.2, 0) is 32.2 Å². The Labute approximate surface area is 216 Å². The summed E-state index contributed by atoms with van der Waals surface area (Å²) >= 11 is 1.10. The molecule has 0 spiro atoms. The van der Waals surface area contributed by atoms with Gasteiger partial charge in [0.2, 0.25) is 0 Å². The molecule has 0 saturated heterocycles. The van der Waals surface area contributed by atoms with Crippen molar-refractivity contribution >= 4 is 40.6 Å². The Kier molecular flexibility index (Phi) is 7.92. The van der Waals surface area contributed by atoms with Crippen molar-refractivity contribution in [2.45, 2.75) is 38.1 Å². The van der Waals surface area contributed by atoms with Gasteiger partial charge in [0.05, 0.1) is 42.4 Å². The average molecular weight is 527 g/mol. The molecule has 0 bridgehead atoms. The molecule has 2 aromatic heterocycles. The smallest absolute Gasteiger partial charge is 0.338 e. The van der Waals surface area contributed by atoms with Crippen molar-refractivity contribution in [3.05, 3.63) is 63.8 Å². The van der Waals surface area contributed by atoms with Crippen LogP contribution in [0.4, 0.5) is 4.79 Å². The number of rotatable bonds is 9. The molecule has 1 aromatic carbocycles. The van der Waals surface area contributed by atoms with E-state index in [1.165, 1.54) is 11.7 Å². The van der Waals surface area contributed by atoms with Gasteiger partial charge in [-0.15, -0.1) is 0 Å². The molecule has 1 aliphatic heterocycles. The number of benzene rings is 1. The molecule has 37 heavy (non-hydrogen) atoms. The Bertz CT molecular complexity index is 1440. The van der Waals surface area contributed by atoms with Gasteiger partial charge in [0.1, 0.15) is 6.54 Å². The molecule has 13 heteroatoms. The second kappa shape index (κ2) is 11.3. The first-order chi connectivity index (χ1) is 17.9. The van der Waals surface area contributed by atoms with Crippen LogP contribution in [0.2, 0.25) is 0 Å². The first-order valence-electron chi connectivity index (χ1n) is 11.5. The summed E-state index contributed by atoms with van der Waals surface area (Å²) < 4.78 is 13.0. The summed E-state index contributed by atoms with van der Waals surface area (Å²) in [7, 11) is 1.23. The molecule has 0 saturated carbocycles. The third kappa shape index (κ3) is 5.50. The minimum Gasteiger partial charge on any atom is -0.468 e. The van der Waals surface area contributed by atoms with Crippen LogP contribution in [0.15, 0.2) is 57.9 Å². The first-order valence-corrected chi connectivity index (χ1v) is 12.5. The Hall–Kier alpha value is -4.13. The molecule has 1 atom stereocenters. The highest BCUT2D eigenvalue weighted by Gasteiger charge is 2.34. The van der Waals surface area contributed by atoms with E-state index < -0.39 is 29.6 Å². The van der Waals surface area contributed by atoms with Crippen molar-refractivity contribution in [3.63, 3.8) is 0 Å². The molecule has 0 aliphatic carbocycles. The monoisotopic (exact) mass is 526 g/mol. The van der Waals surface area contributed by atoms with Crippen molar-refractivity contribution < 1.29 is 23.9 Å². The summed E-state index contributed by atoms with van der Waals surface area (Å²) in [5.41, 5.74) is 1.18. The molecule has 12 nitrogen and oxygen atoms in total. The van der Waals surface area contributed by atoms with E-state index in [2.05, 4.69) is 20.7 Å². The molecule has 1 aliphatic rings. The number of carbonyl (C=O) groups excluding carboxylic acids is 3. The van der Waals surface area contributed by atoms with E-state index in [4.69, 9.17) is 9.47 Å². The fourth-order valence-electron chi connectivity index (χ4n) is 3.86. The van der Waals surface area contributed by atoms with E-state index in [1.807, 2.05) is 6.92 Å². The summed E-state index contributed by atoms with van der Waals surface area (Å²) in [5.74, 6) is -1.15. The maximum Gasteiger partial charge on any atom is 0.338 e. The van der Waals surface area contributed by atoms with Crippen LogP contribution in [0.25, 0.3) is 10.9 Å². The number of urea groups is 1. The van der Waals surface area contributed by atoms with Crippen molar-refractivity contribution in [2.24, 2.45) is 0 Å². The molecule has 0 radical (unpaired) electrons. The largest absolute Gasteiger partial charge is 0.468 e. The third-order valence-electron chi connectivity index (χ3n) is 5.65. The molecule has 2 N–H and O–H groups in total. The van der Waals surface area contributed by atoms with Gasteiger partial charge in [0.15, 0.2) is 5.16 Å². The van der Waals surface area contributed by atoms with Crippen LogP contribution in [0.5, 0.6) is 0 Å². The number of amides is 2. The van der Waals surface area contributed by atoms with E-state index >= 15 is 0 Å². The van der Waals surface area contributed by atoms with Crippen LogP contribution >= 0.6 is 11.8 Å². The maximum atomic E-state index is 13.2. The zero-order chi connectivity index (χ0) is 26.5. The van der Waals surface area contributed by atoms with E-state index in [0.717, 1.165) is 11.8 Å². The van der Waals surface area contributed by atoms with E-state index in [-0.39, 0.29) is 29.6 Å². The number of fused-ring (bicyclic) bond motifs is 1. The molecule has 4 rings (SSSR count). The normalized spacial score (nSPS) is 15.3. The number of carbonyl (C=O) groups is 3. The van der Waals surface area contributed by atoms with Gasteiger partial charge < -0.3 is 20.1 Å². The maximum absolute atomic E-state index is 13.2. The van der Waals surface area contributed by atoms with Crippen molar-refractivity contribution in [1.29, 1.82) is 0 Å². The van der Waals surface area contributed by atoms with Gasteiger partial charge in [-0.25, -0.2) is 14.6 Å². The fourth-order valence-corrected chi connectivity index (χ4v) is 4.83. The number of ether oxygens (including phenoxy) is 2. The van der Waals surface area contributed by atoms with E-state index in [9.17, 15) is 19.2 Å². The Morgan fingerprint density at radius 2 is 1.97 bits per heavy atom. The SMILES string of the molecule is CCOC(=O)C1=C(CSc2nc3ccccc3c(=O)n2CC(=O)OC)NC(=O)N[C@@H]1c1cnn(CC)c1. The Morgan fingerprint density at radius 3 is 2.68 bits per heavy atom. The second-order valence-corrected chi connectivity index (χ2v) is 8.88. The van der Waals surface area contributed by atoms with Crippen LogP contribution in [0, 0.1) is 0 Å². The predicted octanol–water partition coefficient (Wildman–Crippen LogP) is 1.75. The molecule has 0 unspecified atom stereocenters. The number of hydrogen-bond donors (Lipinski definition) is 2. The zero-order valence-electron chi connectivity index (χ0n) is 20.5. The number of hydrogen-bond acceptors (Lipinski definition) is 9. The standard InChI is InChI=1S/C24H26N6O6S/c1-4-29-11-14(10-25-29)20-19(22(33)36-5-2)17(26-23(34)28-20)13-37-24-27-16-9-7-6-8-15(16)21(32)30(24)12-18(31)35-3/h6-11,20H,4-5,12-13H2,1-3H3,(H2,26,28,34)/t20-/m1/s1. The van der Waals surface area contributed by atoms with E-state index in [0.29, 0.717) is 28.7 Å². The molecule has 194 valence electrons. The van der Waals surface area contributed by atoms with Gasteiger partial charge in [0.25, 0.3) is 5.56 Å². The molecule has 2 amide bonds. The molecule has 3 heterocycles. The van der Waals surface area contributed by atoms with Crippen molar-refractivity contribution in [2.75, 3.05) is 19.5 Å². The zero-order valence-corrected chi connectivity index (χ0v) is 21.3. The van der Waals surface area contributed by atoms with Crippen LogP contribution in [0.1, 0.15) is 25.5 Å². The lowest BCUT2D eigenvalue weighted by Gasteiger charge is -2.28. The quantitative estimate of drug-likeness (QED) is 0.242. The van der Waals surface area contributed by atoms with Crippen molar-refractivity contribution in [3.8, 4) is 0 Å². The van der Waals surface area contributed by atoms with Gasteiger partial charge in [-0.3, -0.25) is 18.8 Å². The number of nitrogens with one attached hydrogen (secondary N) is 2. The lowest BCUT2D eigenvalue weighted by atomic mass is 9.98. The highest BCUT2D eigenvalue weighted by molar-refractivity contribution is 7.99.